The Morgan fingerprint density at radius 2 is 2.00 bits per heavy atom. The number of hydrogen-bond acceptors (Lipinski definition) is 0. The molecule has 0 heterocycles. The van der Waals surface area contributed by atoms with Crippen LogP contribution >= 0.6 is 0 Å². The van der Waals surface area contributed by atoms with E-state index in [2.05, 4.69) is 13.8 Å². The lowest BCUT2D eigenvalue weighted by Gasteiger charge is -2.23. The third kappa shape index (κ3) is 2.30. The Morgan fingerprint density at radius 3 is 2.33 bits per heavy atom. The quantitative estimate of drug-likeness (QED) is 0.508. The maximum Gasteiger partial charge on any atom is 0.0896 e. The molecule has 0 unspecified atom stereocenters. The highest BCUT2D eigenvalue weighted by Gasteiger charge is 2.19. The summed E-state index contributed by atoms with van der Waals surface area (Å²) in [6.45, 7) is 4.47. The SMILES string of the molecule is C[C+](C)CCC1CCC1. The first-order valence-corrected chi connectivity index (χ1v) is 4.08. The number of hydrogen-bond donors (Lipinski definition) is 0. The lowest BCUT2D eigenvalue weighted by molar-refractivity contribution is 0.292. The minimum absolute atomic E-state index is 1.10. The largest absolute Gasteiger partial charge is 0.0896 e. The molecule has 0 aromatic rings. The summed E-state index contributed by atoms with van der Waals surface area (Å²) in [5.74, 6) is 2.70. The van der Waals surface area contributed by atoms with E-state index < -0.39 is 0 Å². The van der Waals surface area contributed by atoms with Crippen molar-refractivity contribution in [2.45, 2.75) is 46.0 Å². The van der Waals surface area contributed by atoms with Crippen molar-refractivity contribution in [2.75, 3.05) is 0 Å². The highest BCUT2D eigenvalue weighted by atomic mass is 14.2. The summed E-state index contributed by atoms with van der Waals surface area (Å²) in [6, 6.07) is 0. The van der Waals surface area contributed by atoms with Gasteiger partial charge in [0.05, 0.1) is 26.2 Å². The smallest absolute Gasteiger partial charge is 0.0528 e. The fourth-order valence-electron chi connectivity index (χ4n) is 1.27. The molecule has 1 fully saturated rings. The van der Waals surface area contributed by atoms with Crippen LogP contribution in [-0.4, -0.2) is 0 Å². The van der Waals surface area contributed by atoms with E-state index in [9.17, 15) is 0 Å². The Hall–Kier alpha value is -0.130. The molecular formula is C9H17+. The van der Waals surface area contributed by atoms with E-state index in [-0.39, 0.29) is 0 Å². The third-order valence-corrected chi connectivity index (χ3v) is 2.28. The summed E-state index contributed by atoms with van der Waals surface area (Å²) in [7, 11) is 0. The van der Waals surface area contributed by atoms with Crippen molar-refractivity contribution in [3.05, 3.63) is 5.92 Å². The fourth-order valence-corrected chi connectivity index (χ4v) is 1.27. The van der Waals surface area contributed by atoms with Crippen molar-refractivity contribution in [1.82, 2.24) is 0 Å². The third-order valence-electron chi connectivity index (χ3n) is 2.28. The predicted octanol–water partition coefficient (Wildman–Crippen LogP) is 3.18. The molecule has 0 heteroatoms. The maximum atomic E-state index is 2.23. The van der Waals surface area contributed by atoms with Crippen LogP contribution in [0.3, 0.4) is 0 Å². The molecule has 1 rings (SSSR count). The van der Waals surface area contributed by atoms with Gasteiger partial charge < -0.3 is 0 Å². The molecule has 0 amide bonds. The van der Waals surface area contributed by atoms with E-state index in [1.54, 1.807) is 5.92 Å². The van der Waals surface area contributed by atoms with Crippen LogP contribution in [0, 0.1) is 11.8 Å². The molecule has 1 aliphatic rings. The topological polar surface area (TPSA) is 0 Å². The maximum absolute atomic E-state index is 2.23. The summed E-state index contributed by atoms with van der Waals surface area (Å²) in [5.41, 5.74) is 0. The van der Waals surface area contributed by atoms with Crippen LogP contribution < -0.4 is 0 Å². The molecule has 0 aromatic heterocycles. The van der Waals surface area contributed by atoms with Gasteiger partial charge in [-0.3, -0.25) is 0 Å². The number of rotatable bonds is 3. The molecule has 1 aliphatic carbocycles. The van der Waals surface area contributed by atoms with Gasteiger partial charge >= 0.3 is 0 Å². The van der Waals surface area contributed by atoms with Crippen LogP contribution in [0.5, 0.6) is 0 Å². The van der Waals surface area contributed by atoms with E-state index in [1.165, 1.54) is 32.1 Å². The van der Waals surface area contributed by atoms with Gasteiger partial charge in [0.2, 0.25) is 0 Å². The second-order valence-electron chi connectivity index (χ2n) is 3.54. The van der Waals surface area contributed by atoms with Crippen molar-refractivity contribution in [3.63, 3.8) is 0 Å². The zero-order valence-electron chi connectivity index (χ0n) is 6.61. The lowest BCUT2D eigenvalue weighted by atomic mass is 9.81. The van der Waals surface area contributed by atoms with E-state index in [1.807, 2.05) is 0 Å². The van der Waals surface area contributed by atoms with Gasteiger partial charge in [-0.15, -0.1) is 0 Å². The van der Waals surface area contributed by atoms with Gasteiger partial charge in [-0.1, -0.05) is 19.3 Å². The zero-order chi connectivity index (χ0) is 6.69. The first-order valence-electron chi connectivity index (χ1n) is 4.08. The Balaban J connectivity index is 1.91. The van der Waals surface area contributed by atoms with Crippen LogP contribution in [-0.2, 0) is 0 Å². The average Bonchev–Trinajstić information content (AvgIpc) is 1.60. The molecule has 0 atom stereocenters. The van der Waals surface area contributed by atoms with Crippen LogP contribution in [0.1, 0.15) is 46.0 Å². The van der Waals surface area contributed by atoms with Gasteiger partial charge in [0.15, 0.2) is 0 Å². The first kappa shape index (κ1) is 6.98. The van der Waals surface area contributed by atoms with Crippen molar-refractivity contribution in [2.24, 2.45) is 5.92 Å². The minimum Gasteiger partial charge on any atom is -0.0528 e. The molecule has 1 saturated carbocycles. The molecular weight excluding hydrogens is 108 g/mol. The molecule has 0 saturated heterocycles. The van der Waals surface area contributed by atoms with Crippen molar-refractivity contribution < 1.29 is 0 Å². The minimum atomic E-state index is 1.10. The highest BCUT2D eigenvalue weighted by Crippen LogP contribution is 2.31. The molecule has 0 spiro atoms. The van der Waals surface area contributed by atoms with E-state index in [0.717, 1.165) is 5.92 Å². The summed E-state index contributed by atoms with van der Waals surface area (Å²) >= 11 is 0. The second-order valence-corrected chi connectivity index (χ2v) is 3.54. The van der Waals surface area contributed by atoms with E-state index >= 15 is 0 Å². The molecule has 0 aliphatic heterocycles. The molecule has 9 heavy (non-hydrogen) atoms. The normalized spacial score (nSPS) is 19.3. The summed E-state index contributed by atoms with van der Waals surface area (Å²) in [4.78, 5) is 0. The first-order chi connectivity index (χ1) is 4.29. The summed E-state index contributed by atoms with van der Waals surface area (Å²) in [5, 5.41) is 0. The molecule has 0 aromatic carbocycles. The van der Waals surface area contributed by atoms with Crippen molar-refractivity contribution in [1.29, 1.82) is 0 Å². The van der Waals surface area contributed by atoms with Gasteiger partial charge in [-0.05, 0) is 12.3 Å². The molecule has 0 nitrogen and oxygen atoms in total. The average molecular weight is 125 g/mol. The van der Waals surface area contributed by atoms with Gasteiger partial charge in [-0.25, -0.2) is 0 Å². The Bertz CT molecular complexity index is 70.1. The van der Waals surface area contributed by atoms with E-state index in [4.69, 9.17) is 0 Å². The van der Waals surface area contributed by atoms with Crippen LogP contribution in [0.4, 0.5) is 0 Å². The fraction of sp³-hybridized carbons (Fsp3) is 0.889. The second kappa shape index (κ2) is 3.14. The lowest BCUT2D eigenvalue weighted by Crippen LogP contribution is -2.10. The highest BCUT2D eigenvalue weighted by molar-refractivity contribution is 4.80. The van der Waals surface area contributed by atoms with Crippen molar-refractivity contribution in [3.8, 4) is 0 Å². The standard InChI is InChI=1S/C9H17/c1-8(2)6-7-9-4-3-5-9/h9H,3-7H2,1-2H3/q+1. The Kier molecular flexibility index (Phi) is 2.44. The molecule has 0 N–H and O–H groups in total. The van der Waals surface area contributed by atoms with Gasteiger partial charge in [-0.2, -0.15) is 0 Å². The molecule has 52 valence electrons. The molecule has 0 radical (unpaired) electrons. The van der Waals surface area contributed by atoms with Crippen LogP contribution in [0.2, 0.25) is 0 Å². The zero-order valence-corrected chi connectivity index (χ0v) is 6.61. The van der Waals surface area contributed by atoms with Crippen molar-refractivity contribution >= 4 is 0 Å². The van der Waals surface area contributed by atoms with E-state index in [0.29, 0.717) is 0 Å². The van der Waals surface area contributed by atoms with Gasteiger partial charge in [0.1, 0.15) is 0 Å². The van der Waals surface area contributed by atoms with Gasteiger partial charge in [0, 0.05) is 0 Å². The predicted molar refractivity (Wildman–Crippen MR) is 41.2 cm³/mol. The summed E-state index contributed by atoms with van der Waals surface area (Å²) < 4.78 is 0. The van der Waals surface area contributed by atoms with Crippen LogP contribution in [0.15, 0.2) is 0 Å². The monoisotopic (exact) mass is 125 g/mol. The van der Waals surface area contributed by atoms with Gasteiger partial charge in [0.25, 0.3) is 0 Å². The summed E-state index contributed by atoms with van der Waals surface area (Å²) in [6.07, 6.45) is 7.33. The Labute approximate surface area is 58.7 Å². The molecule has 0 bridgehead atoms. The van der Waals surface area contributed by atoms with Crippen LogP contribution in [0.25, 0.3) is 0 Å². The Morgan fingerprint density at radius 1 is 1.33 bits per heavy atom.